The first-order valence-electron chi connectivity index (χ1n) is 10.9. The van der Waals surface area contributed by atoms with E-state index in [2.05, 4.69) is 20.5 Å². The first kappa shape index (κ1) is 25.4. The standard InChI is InChI=1S/C22H34N6O2.HI/c1-24-22(25-11-4-13-27-12-2-5-18(16-27)21(23)30)26-15-17-7-9-19(10-8-17)28-14-3-6-20(28)29;/h7-10,18H,2-6,11-16H2,1H3,(H2,23,30)(H2,24,25,26);1H. The van der Waals surface area contributed by atoms with Crippen LogP contribution in [-0.4, -0.2) is 62.4 Å². The summed E-state index contributed by atoms with van der Waals surface area (Å²) in [5.41, 5.74) is 7.56. The Morgan fingerprint density at radius 3 is 2.61 bits per heavy atom. The lowest BCUT2D eigenvalue weighted by Gasteiger charge is -2.31. The van der Waals surface area contributed by atoms with Crippen molar-refractivity contribution in [3.63, 3.8) is 0 Å². The summed E-state index contributed by atoms with van der Waals surface area (Å²) in [5.74, 6) is 0.793. The van der Waals surface area contributed by atoms with Crippen LogP contribution in [0.3, 0.4) is 0 Å². The summed E-state index contributed by atoms with van der Waals surface area (Å²) in [6.07, 6.45) is 4.51. The van der Waals surface area contributed by atoms with Crippen molar-refractivity contribution in [2.24, 2.45) is 16.6 Å². The molecule has 31 heavy (non-hydrogen) atoms. The molecule has 1 aromatic rings. The Bertz CT molecular complexity index is 755. The molecule has 9 heteroatoms. The predicted molar refractivity (Wildman–Crippen MR) is 135 cm³/mol. The average molecular weight is 542 g/mol. The largest absolute Gasteiger partial charge is 0.369 e. The fourth-order valence-corrected chi connectivity index (χ4v) is 4.12. The Balaban J connectivity index is 0.00000341. The molecule has 3 rings (SSSR count). The molecular weight excluding hydrogens is 507 g/mol. The van der Waals surface area contributed by atoms with Gasteiger partial charge in [-0.3, -0.25) is 14.6 Å². The monoisotopic (exact) mass is 542 g/mol. The van der Waals surface area contributed by atoms with Gasteiger partial charge in [0.25, 0.3) is 0 Å². The molecule has 0 aliphatic carbocycles. The predicted octanol–water partition coefficient (Wildman–Crippen LogP) is 1.68. The molecular formula is C22H35IN6O2. The fraction of sp³-hybridized carbons (Fsp3) is 0.591. The summed E-state index contributed by atoms with van der Waals surface area (Å²) in [6.45, 7) is 5.06. The number of aliphatic imine (C=N–C) groups is 1. The van der Waals surface area contributed by atoms with Crippen molar-refractivity contribution in [2.75, 3.05) is 44.7 Å². The number of halogens is 1. The topological polar surface area (TPSA) is 103 Å². The maximum atomic E-state index is 11.9. The number of rotatable bonds is 8. The molecule has 1 unspecified atom stereocenters. The van der Waals surface area contributed by atoms with Crippen LogP contribution in [0.4, 0.5) is 5.69 Å². The first-order chi connectivity index (χ1) is 14.6. The van der Waals surface area contributed by atoms with E-state index in [1.807, 2.05) is 29.2 Å². The summed E-state index contributed by atoms with van der Waals surface area (Å²) in [6, 6.07) is 8.11. The number of nitrogens with zero attached hydrogens (tertiary/aromatic N) is 3. The number of hydrogen-bond acceptors (Lipinski definition) is 4. The Morgan fingerprint density at radius 2 is 1.97 bits per heavy atom. The smallest absolute Gasteiger partial charge is 0.227 e. The van der Waals surface area contributed by atoms with Crippen molar-refractivity contribution in [3.8, 4) is 0 Å². The second-order valence-electron chi connectivity index (χ2n) is 8.06. The number of piperidine rings is 1. The van der Waals surface area contributed by atoms with Gasteiger partial charge in [-0.25, -0.2) is 0 Å². The number of anilines is 1. The lowest BCUT2D eigenvalue weighted by Crippen LogP contribution is -2.42. The fourth-order valence-electron chi connectivity index (χ4n) is 4.12. The summed E-state index contributed by atoms with van der Waals surface area (Å²) in [4.78, 5) is 31.7. The maximum Gasteiger partial charge on any atom is 0.227 e. The van der Waals surface area contributed by atoms with Crippen LogP contribution >= 0.6 is 24.0 Å². The molecule has 172 valence electrons. The van der Waals surface area contributed by atoms with Crippen molar-refractivity contribution in [2.45, 2.75) is 38.6 Å². The highest BCUT2D eigenvalue weighted by Gasteiger charge is 2.23. The quantitative estimate of drug-likeness (QED) is 0.201. The van der Waals surface area contributed by atoms with Crippen molar-refractivity contribution in [3.05, 3.63) is 29.8 Å². The molecule has 1 aromatic carbocycles. The molecule has 0 bridgehead atoms. The van der Waals surface area contributed by atoms with E-state index >= 15 is 0 Å². The molecule has 2 fully saturated rings. The van der Waals surface area contributed by atoms with Gasteiger partial charge in [-0.1, -0.05) is 12.1 Å². The van der Waals surface area contributed by atoms with Gasteiger partial charge in [0.15, 0.2) is 5.96 Å². The zero-order valence-corrected chi connectivity index (χ0v) is 20.6. The third kappa shape index (κ3) is 7.64. The summed E-state index contributed by atoms with van der Waals surface area (Å²) < 4.78 is 0. The molecule has 4 N–H and O–H groups in total. The molecule has 2 saturated heterocycles. The molecule has 1 atom stereocenters. The van der Waals surface area contributed by atoms with E-state index in [0.717, 1.165) is 75.6 Å². The van der Waals surface area contributed by atoms with Crippen LogP contribution in [0.15, 0.2) is 29.3 Å². The van der Waals surface area contributed by atoms with Crippen LogP contribution in [0.25, 0.3) is 0 Å². The molecule has 0 radical (unpaired) electrons. The molecule has 0 aromatic heterocycles. The van der Waals surface area contributed by atoms with Crippen LogP contribution in [0.5, 0.6) is 0 Å². The SMILES string of the molecule is CN=C(NCCCN1CCCC(C(N)=O)C1)NCc1ccc(N2CCCC2=O)cc1.I. The Hall–Kier alpha value is -1.88. The lowest BCUT2D eigenvalue weighted by molar-refractivity contribution is -0.123. The molecule has 8 nitrogen and oxygen atoms in total. The number of carbonyl (C=O) groups excluding carboxylic acids is 2. The Morgan fingerprint density at radius 1 is 1.19 bits per heavy atom. The molecule has 2 amide bonds. The van der Waals surface area contributed by atoms with Crippen molar-refractivity contribution in [1.82, 2.24) is 15.5 Å². The minimum atomic E-state index is -0.178. The van der Waals surface area contributed by atoms with Crippen LogP contribution in [0.1, 0.15) is 37.7 Å². The van der Waals surface area contributed by atoms with Crippen molar-refractivity contribution >= 4 is 47.4 Å². The van der Waals surface area contributed by atoms with Gasteiger partial charge < -0.3 is 26.2 Å². The van der Waals surface area contributed by atoms with Gasteiger partial charge in [0.2, 0.25) is 11.8 Å². The van der Waals surface area contributed by atoms with E-state index in [1.54, 1.807) is 7.05 Å². The van der Waals surface area contributed by atoms with Gasteiger partial charge in [-0.05, 0) is 56.5 Å². The molecule has 2 heterocycles. The highest BCUT2D eigenvalue weighted by atomic mass is 127. The van der Waals surface area contributed by atoms with Gasteiger partial charge in [0, 0.05) is 45.3 Å². The Kier molecular flexibility index (Phi) is 10.5. The molecule has 0 spiro atoms. The van der Waals surface area contributed by atoms with E-state index < -0.39 is 0 Å². The van der Waals surface area contributed by atoms with Crippen molar-refractivity contribution in [1.29, 1.82) is 0 Å². The second-order valence-corrected chi connectivity index (χ2v) is 8.06. The lowest BCUT2D eigenvalue weighted by atomic mass is 9.97. The number of likely N-dealkylation sites (tertiary alicyclic amines) is 1. The maximum absolute atomic E-state index is 11.9. The van der Waals surface area contributed by atoms with Crippen molar-refractivity contribution < 1.29 is 9.59 Å². The molecule has 2 aliphatic rings. The van der Waals surface area contributed by atoms with E-state index in [1.165, 1.54) is 0 Å². The van der Waals surface area contributed by atoms with E-state index in [0.29, 0.717) is 13.0 Å². The van der Waals surface area contributed by atoms with Crippen LogP contribution in [0.2, 0.25) is 0 Å². The highest BCUT2D eigenvalue weighted by Crippen LogP contribution is 2.21. The summed E-state index contributed by atoms with van der Waals surface area (Å²) >= 11 is 0. The number of nitrogens with one attached hydrogen (secondary N) is 2. The Labute approximate surface area is 202 Å². The van der Waals surface area contributed by atoms with Gasteiger partial charge in [-0.2, -0.15) is 0 Å². The number of amides is 2. The zero-order valence-electron chi connectivity index (χ0n) is 18.3. The highest BCUT2D eigenvalue weighted by molar-refractivity contribution is 14.0. The first-order valence-corrected chi connectivity index (χ1v) is 10.9. The van der Waals surface area contributed by atoms with E-state index in [4.69, 9.17) is 5.73 Å². The summed E-state index contributed by atoms with van der Waals surface area (Å²) in [5, 5.41) is 6.67. The molecule has 0 saturated carbocycles. The van der Waals surface area contributed by atoms with Gasteiger partial charge in [0.1, 0.15) is 0 Å². The summed E-state index contributed by atoms with van der Waals surface area (Å²) in [7, 11) is 1.76. The minimum absolute atomic E-state index is 0. The number of guanidine groups is 1. The van der Waals surface area contributed by atoms with Crippen LogP contribution in [-0.2, 0) is 16.1 Å². The minimum Gasteiger partial charge on any atom is -0.369 e. The number of nitrogens with two attached hydrogens (primary N) is 1. The second kappa shape index (κ2) is 12.8. The number of primary amides is 1. The average Bonchev–Trinajstić information content (AvgIpc) is 3.19. The van der Waals surface area contributed by atoms with E-state index in [-0.39, 0.29) is 41.7 Å². The van der Waals surface area contributed by atoms with E-state index in [9.17, 15) is 9.59 Å². The molecule has 2 aliphatic heterocycles. The number of carbonyl (C=O) groups is 2. The normalized spacial score (nSPS) is 19.8. The third-order valence-corrected chi connectivity index (χ3v) is 5.86. The van der Waals surface area contributed by atoms with Crippen LogP contribution < -0.4 is 21.3 Å². The number of benzene rings is 1. The zero-order chi connectivity index (χ0) is 21.3. The van der Waals surface area contributed by atoms with Gasteiger partial charge >= 0.3 is 0 Å². The van der Waals surface area contributed by atoms with Crippen LogP contribution in [0, 0.1) is 5.92 Å². The van der Waals surface area contributed by atoms with Gasteiger partial charge in [0.05, 0.1) is 5.92 Å². The van der Waals surface area contributed by atoms with Gasteiger partial charge in [-0.15, -0.1) is 24.0 Å². The number of hydrogen-bond donors (Lipinski definition) is 3. The third-order valence-electron chi connectivity index (χ3n) is 5.86.